The zero-order valence-electron chi connectivity index (χ0n) is 11.7. The molecule has 21 heavy (non-hydrogen) atoms. The molecule has 1 N–H and O–H groups in total. The molecular weight excluding hydrogens is 266 g/mol. The average Bonchev–Trinajstić information content (AvgIpc) is 2.53. The van der Waals surface area contributed by atoms with Gasteiger partial charge in [-0.2, -0.15) is 5.26 Å². The molecule has 0 fully saturated rings. The highest BCUT2D eigenvalue weighted by Crippen LogP contribution is 2.25. The first-order chi connectivity index (χ1) is 10.1. The number of benzene rings is 2. The van der Waals surface area contributed by atoms with Crippen LogP contribution in [-0.2, 0) is 13.0 Å². The molecule has 0 aliphatic rings. The van der Waals surface area contributed by atoms with E-state index in [2.05, 4.69) is 12.2 Å². The van der Waals surface area contributed by atoms with Crippen molar-refractivity contribution in [1.82, 2.24) is 0 Å². The molecule has 0 aromatic heterocycles. The van der Waals surface area contributed by atoms with Crippen molar-refractivity contribution in [2.75, 3.05) is 5.32 Å². The first-order valence-electron chi connectivity index (χ1n) is 6.64. The van der Waals surface area contributed by atoms with E-state index in [-0.39, 0.29) is 11.3 Å². The van der Waals surface area contributed by atoms with Crippen LogP contribution in [0.25, 0.3) is 0 Å². The predicted molar refractivity (Wildman–Crippen MR) is 81.0 cm³/mol. The van der Waals surface area contributed by atoms with Crippen molar-refractivity contribution in [3.63, 3.8) is 0 Å². The van der Waals surface area contributed by atoms with Crippen molar-refractivity contribution in [3.05, 3.63) is 69.3 Å². The maximum absolute atomic E-state index is 11.0. The zero-order chi connectivity index (χ0) is 15.2. The molecule has 0 atom stereocenters. The fourth-order valence-corrected chi connectivity index (χ4v) is 1.99. The van der Waals surface area contributed by atoms with Crippen LogP contribution in [0.15, 0.2) is 42.5 Å². The normalized spacial score (nSPS) is 9.90. The van der Waals surface area contributed by atoms with E-state index >= 15 is 0 Å². The lowest BCUT2D eigenvalue weighted by molar-refractivity contribution is -0.384. The summed E-state index contributed by atoms with van der Waals surface area (Å²) in [5, 5.41) is 22.9. The van der Waals surface area contributed by atoms with E-state index in [0.29, 0.717) is 12.2 Å². The summed E-state index contributed by atoms with van der Waals surface area (Å²) in [7, 11) is 0. The lowest BCUT2D eigenvalue weighted by Crippen LogP contribution is -2.03. The third kappa shape index (κ3) is 3.57. The highest BCUT2D eigenvalue weighted by atomic mass is 16.6. The van der Waals surface area contributed by atoms with Gasteiger partial charge in [0.15, 0.2) is 0 Å². The number of hydrogen-bond donors (Lipinski definition) is 1. The summed E-state index contributed by atoms with van der Waals surface area (Å²) in [5.41, 5.74) is 2.91. The monoisotopic (exact) mass is 281 g/mol. The Bertz CT molecular complexity index is 688. The van der Waals surface area contributed by atoms with Crippen LogP contribution < -0.4 is 5.32 Å². The van der Waals surface area contributed by atoms with Gasteiger partial charge in [-0.1, -0.05) is 31.2 Å². The number of nitriles is 1. The maximum atomic E-state index is 11.0. The van der Waals surface area contributed by atoms with Gasteiger partial charge in [0.2, 0.25) is 0 Å². The maximum Gasteiger partial charge on any atom is 0.293 e. The van der Waals surface area contributed by atoms with Crippen molar-refractivity contribution in [1.29, 1.82) is 5.26 Å². The van der Waals surface area contributed by atoms with Crippen LogP contribution in [0.2, 0.25) is 0 Å². The number of nitro groups is 1. The number of nitrogens with zero attached hydrogens (tertiary/aromatic N) is 2. The molecule has 0 saturated carbocycles. The van der Waals surface area contributed by atoms with E-state index in [1.54, 1.807) is 12.1 Å². The molecule has 0 bridgehead atoms. The number of rotatable bonds is 5. The van der Waals surface area contributed by atoms with Crippen LogP contribution in [0, 0.1) is 21.4 Å². The molecule has 2 rings (SSSR count). The lowest BCUT2D eigenvalue weighted by atomic mass is 10.1. The van der Waals surface area contributed by atoms with Crippen molar-refractivity contribution < 1.29 is 4.92 Å². The van der Waals surface area contributed by atoms with E-state index in [1.165, 1.54) is 11.6 Å². The predicted octanol–water partition coefficient (Wildman–Crippen LogP) is 3.64. The zero-order valence-corrected chi connectivity index (χ0v) is 11.7. The molecule has 106 valence electrons. The summed E-state index contributed by atoms with van der Waals surface area (Å²) >= 11 is 0. The molecule has 0 heterocycles. The Labute approximate surface area is 123 Å². The van der Waals surface area contributed by atoms with Crippen LogP contribution >= 0.6 is 0 Å². The van der Waals surface area contributed by atoms with Crippen LogP contribution in [0.5, 0.6) is 0 Å². The van der Waals surface area contributed by atoms with Crippen molar-refractivity contribution >= 4 is 11.4 Å². The fourth-order valence-electron chi connectivity index (χ4n) is 1.99. The van der Waals surface area contributed by atoms with E-state index in [9.17, 15) is 10.1 Å². The molecular formula is C16H15N3O2. The molecule has 0 unspecified atom stereocenters. The summed E-state index contributed by atoms with van der Waals surface area (Å²) < 4.78 is 0. The number of nitrogens with one attached hydrogen (secondary N) is 1. The Hall–Kier alpha value is -2.87. The van der Waals surface area contributed by atoms with Crippen LogP contribution in [0.3, 0.4) is 0 Å². The molecule has 0 aliphatic carbocycles. The van der Waals surface area contributed by atoms with Crippen molar-refractivity contribution in [2.45, 2.75) is 19.9 Å². The van der Waals surface area contributed by atoms with E-state index < -0.39 is 4.92 Å². The van der Waals surface area contributed by atoms with E-state index in [0.717, 1.165) is 12.0 Å². The van der Waals surface area contributed by atoms with Gasteiger partial charge >= 0.3 is 0 Å². The quantitative estimate of drug-likeness (QED) is 0.670. The van der Waals surface area contributed by atoms with E-state index in [1.807, 2.05) is 30.3 Å². The standard InChI is InChI=1S/C16H15N3O2/c1-2-12-3-5-13(6-4-12)11-18-15-8-7-14(10-17)9-16(15)19(20)21/h3-9,18H,2,11H2,1H3. The topological polar surface area (TPSA) is 79.0 Å². The second-order valence-electron chi connectivity index (χ2n) is 4.62. The molecule has 0 saturated heterocycles. The molecule has 0 spiro atoms. The van der Waals surface area contributed by atoms with Crippen molar-refractivity contribution in [2.24, 2.45) is 0 Å². The van der Waals surface area contributed by atoms with Gasteiger partial charge in [-0.3, -0.25) is 10.1 Å². The highest BCUT2D eigenvalue weighted by Gasteiger charge is 2.14. The molecule has 2 aromatic rings. The minimum Gasteiger partial charge on any atom is -0.375 e. The van der Waals surface area contributed by atoms with Gasteiger partial charge in [0.1, 0.15) is 5.69 Å². The summed E-state index contributed by atoms with van der Waals surface area (Å²) in [4.78, 5) is 10.6. The Balaban J connectivity index is 2.15. The van der Waals surface area contributed by atoms with Crippen molar-refractivity contribution in [3.8, 4) is 6.07 Å². The fraction of sp³-hybridized carbons (Fsp3) is 0.188. The SMILES string of the molecule is CCc1ccc(CNc2ccc(C#N)cc2[N+](=O)[O-])cc1. The molecule has 5 heteroatoms. The van der Waals surface area contributed by atoms with Gasteiger partial charge in [0, 0.05) is 12.6 Å². The highest BCUT2D eigenvalue weighted by molar-refractivity contribution is 5.64. The minimum absolute atomic E-state index is 0.0840. The number of nitro benzene ring substituents is 1. The van der Waals surface area contributed by atoms with Gasteiger partial charge < -0.3 is 5.32 Å². The van der Waals surface area contributed by atoms with Gasteiger partial charge in [-0.25, -0.2) is 0 Å². The molecule has 2 aromatic carbocycles. The second kappa shape index (κ2) is 6.53. The molecule has 0 aliphatic heterocycles. The summed E-state index contributed by atoms with van der Waals surface area (Å²) in [6, 6.07) is 14.4. The molecule has 5 nitrogen and oxygen atoms in total. The van der Waals surface area contributed by atoms with Crippen LogP contribution in [0.4, 0.5) is 11.4 Å². The number of hydrogen-bond acceptors (Lipinski definition) is 4. The Morgan fingerprint density at radius 3 is 2.43 bits per heavy atom. The smallest absolute Gasteiger partial charge is 0.293 e. The van der Waals surface area contributed by atoms with Gasteiger partial charge in [-0.05, 0) is 29.7 Å². The Morgan fingerprint density at radius 1 is 1.19 bits per heavy atom. The summed E-state index contributed by atoms with van der Waals surface area (Å²) in [6.45, 7) is 2.59. The average molecular weight is 281 g/mol. The van der Waals surface area contributed by atoms with Gasteiger partial charge in [-0.15, -0.1) is 0 Å². The molecule has 0 radical (unpaired) electrons. The lowest BCUT2D eigenvalue weighted by Gasteiger charge is -2.08. The van der Waals surface area contributed by atoms with Crippen LogP contribution in [0.1, 0.15) is 23.6 Å². The summed E-state index contributed by atoms with van der Waals surface area (Å²) in [5.74, 6) is 0. The minimum atomic E-state index is -0.483. The van der Waals surface area contributed by atoms with Gasteiger partial charge in [0.25, 0.3) is 5.69 Å². The summed E-state index contributed by atoms with van der Waals surface area (Å²) in [6.07, 6.45) is 0.981. The Kier molecular flexibility index (Phi) is 4.52. The third-order valence-corrected chi connectivity index (χ3v) is 3.24. The molecule has 0 amide bonds. The first-order valence-corrected chi connectivity index (χ1v) is 6.64. The number of anilines is 1. The van der Waals surface area contributed by atoms with Gasteiger partial charge in [0.05, 0.1) is 16.6 Å². The van der Waals surface area contributed by atoms with E-state index in [4.69, 9.17) is 5.26 Å². The second-order valence-corrected chi connectivity index (χ2v) is 4.62. The Morgan fingerprint density at radius 2 is 1.86 bits per heavy atom. The number of aryl methyl sites for hydroxylation is 1. The van der Waals surface area contributed by atoms with Crippen LogP contribution in [-0.4, -0.2) is 4.92 Å². The largest absolute Gasteiger partial charge is 0.375 e. The first kappa shape index (κ1) is 14.5. The third-order valence-electron chi connectivity index (χ3n) is 3.24.